The average Bonchev–Trinajstić information content (AvgIpc) is 2.62. The Morgan fingerprint density at radius 3 is 2.71 bits per heavy atom. The van der Waals surface area contributed by atoms with E-state index in [0.717, 1.165) is 38.2 Å². The van der Waals surface area contributed by atoms with Gasteiger partial charge in [-0.3, -0.25) is 0 Å². The second kappa shape index (κ2) is 9.50. The van der Waals surface area contributed by atoms with Gasteiger partial charge in [-0.25, -0.2) is 14.8 Å². The van der Waals surface area contributed by atoms with Crippen LogP contribution in [0.15, 0.2) is 42.6 Å². The molecule has 6 heteroatoms. The average molecular weight is 329 g/mol. The maximum atomic E-state index is 10.9. The van der Waals surface area contributed by atoms with Crippen LogP contribution in [0.5, 0.6) is 5.88 Å². The van der Waals surface area contributed by atoms with E-state index >= 15 is 0 Å². The lowest BCUT2D eigenvalue weighted by Crippen LogP contribution is -2.27. The summed E-state index contributed by atoms with van der Waals surface area (Å²) < 4.78 is 5.57. The fraction of sp³-hybridized carbons (Fsp3) is 0.389. The molecule has 0 unspecified atom stereocenters. The molecule has 24 heavy (non-hydrogen) atoms. The van der Waals surface area contributed by atoms with Crippen molar-refractivity contribution >= 4 is 11.8 Å². The Kier molecular flexibility index (Phi) is 7.01. The quantitative estimate of drug-likeness (QED) is 0.674. The summed E-state index contributed by atoms with van der Waals surface area (Å²) >= 11 is 0. The van der Waals surface area contributed by atoms with Gasteiger partial charge in [-0.15, -0.1) is 0 Å². The molecule has 0 aliphatic heterocycles. The van der Waals surface area contributed by atoms with Gasteiger partial charge in [0.2, 0.25) is 5.88 Å². The summed E-state index contributed by atoms with van der Waals surface area (Å²) in [4.78, 5) is 21.5. The highest BCUT2D eigenvalue weighted by Gasteiger charge is 2.08. The maximum Gasteiger partial charge on any atom is 0.354 e. The van der Waals surface area contributed by atoms with E-state index in [0.29, 0.717) is 12.5 Å². The van der Waals surface area contributed by atoms with Crippen molar-refractivity contribution in [3.63, 3.8) is 0 Å². The monoisotopic (exact) mass is 329 g/mol. The second-order valence-corrected chi connectivity index (χ2v) is 5.40. The number of carboxylic acids is 1. The van der Waals surface area contributed by atoms with Gasteiger partial charge in [0.05, 0.1) is 6.61 Å². The van der Waals surface area contributed by atoms with E-state index in [1.54, 1.807) is 18.3 Å². The number of carbonyl (C=O) groups is 1. The molecule has 0 amide bonds. The Hall–Kier alpha value is -2.63. The largest absolute Gasteiger partial charge is 0.478 e. The number of carboxylic acid groups (broad SMARTS) is 1. The van der Waals surface area contributed by atoms with Crippen molar-refractivity contribution in [3.8, 4) is 5.88 Å². The summed E-state index contributed by atoms with van der Waals surface area (Å²) in [5, 5.41) is 8.93. The van der Waals surface area contributed by atoms with Gasteiger partial charge in [0.1, 0.15) is 5.82 Å². The topological polar surface area (TPSA) is 75.5 Å². The third-order valence-electron chi connectivity index (χ3n) is 3.52. The van der Waals surface area contributed by atoms with Crippen LogP contribution in [-0.4, -0.2) is 40.7 Å². The number of nitrogens with zero attached hydrogens (tertiary/aromatic N) is 3. The Balaban J connectivity index is 1.84. The van der Waals surface area contributed by atoms with Gasteiger partial charge >= 0.3 is 5.97 Å². The summed E-state index contributed by atoms with van der Waals surface area (Å²) in [7, 11) is 0. The smallest absolute Gasteiger partial charge is 0.354 e. The number of pyridine rings is 2. The van der Waals surface area contributed by atoms with Gasteiger partial charge in [0, 0.05) is 25.4 Å². The first-order valence-corrected chi connectivity index (χ1v) is 8.20. The van der Waals surface area contributed by atoms with E-state index in [-0.39, 0.29) is 5.69 Å². The van der Waals surface area contributed by atoms with E-state index < -0.39 is 5.97 Å². The molecule has 0 aromatic carbocycles. The molecule has 0 fully saturated rings. The lowest BCUT2D eigenvalue weighted by molar-refractivity contribution is 0.0689. The van der Waals surface area contributed by atoms with Crippen LogP contribution in [0.4, 0.5) is 5.82 Å². The number of ether oxygens (including phenoxy) is 1. The van der Waals surface area contributed by atoms with Crippen LogP contribution in [0, 0.1) is 0 Å². The van der Waals surface area contributed by atoms with Crippen LogP contribution in [-0.2, 0) is 0 Å². The van der Waals surface area contributed by atoms with Crippen LogP contribution >= 0.6 is 0 Å². The number of hydrogen-bond acceptors (Lipinski definition) is 5. The summed E-state index contributed by atoms with van der Waals surface area (Å²) in [6.07, 6.45) is 4.84. The third kappa shape index (κ3) is 5.53. The first-order chi connectivity index (χ1) is 11.7. The van der Waals surface area contributed by atoms with Crippen molar-refractivity contribution in [2.75, 3.05) is 24.6 Å². The lowest BCUT2D eigenvalue weighted by Gasteiger charge is -2.23. The molecular formula is C18H23N3O3. The van der Waals surface area contributed by atoms with Crippen molar-refractivity contribution in [2.45, 2.75) is 26.2 Å². The molecule has 2 heterocycles. The van der Waals surface area contributed by atoms with Crippen LogP contribution in [0.25, 0.3) is 0 Å². The molecule has 0 bridgehead atoms. The second-order valence-electron chi connectivity index (χ2n) is 5.40. The van der Waals surface area contributed by atoms with E-state index in [4.69, 9.17) is 9.84 Å². The first-order valence-electron chi connectivity index (χ1n) is 8.20. The number of aromatic carboxylic acids is 1. The number of aromatic nitrogens is 2. The lowest BCUT2D eigenvalue weighted by atomic mass is 10.3. The van der Waals surface area contributed by atoms with E-state index in [1.807, 2.05) is 18.2 Å². The Bertz CT molecular complexity index is 634. The van der Waals surface area contributed by atoms with Crippen LogP contribution < -0.4 is 9.64 Å². The Labute approximate surface area is 142 Å². The number of anilines is 1. The number of unbranched alkanes of at least 4 members (excludes halogenated alkanes) is 1. The summed E-state index contributed by atoms with van der Waals surface area (Å²) in [6, 6.07) is 10.6. The summed E-state index contributed by atoms with van der Waals surface area (Å²) in [5.74, 6) is 0.256. The fourth-order valence-electron chi connectivity index (χ4n) is 2.28. The Morgan fingerprint density at radius 2 is 2.00 bits per heavy atom. The van der Waals surface area contributed by atoms with Crippen molar-refractivity contribution in [1.82, 2.24) is 9.97 Å². The summed E-state index contributed by atoms with van der Waals surface area (Å²) in [6.45, 7) is 4.43. The predicted molar refractivity (Wildman–Crippen MR) is 92.7 cm³/mol. The molecule has 2 aromatic rings. The highest BCUT2D eigenvalue weighted by atomic mass is 16.5. The summed E-state index contributed by atoms with van der Waals surface area (Å²) in [5.41, 5.74) is -0.00874. The normalized spacial score (nSPS) is 10.4. The van der Waals surface area contributed by atoms with E-state index in [1.165, 1.54) is 6.07 Å². The van der Waals surface area contributed by atoms with Crippen molar-refractivity contribution < 1.29 is 14.6 Å². The fourth-order valence-corrected chi connectivity index (χ4v) is 2.28. The molecule has 0 atom stereocenters. The molecule has 1 N–H and O–H groups in total. The zero-order valence-electron chi connectivity index (χ0n) is 13.9. The molecule has 128 valence electrons. The van der Waals surface area contributed by atoms with Crippen LogP contribution in [0.2, 0.25) is 0 Å². The third-order valence-corrected chi connectivity index (χ3v) is 3.52. The van der Waals surface area contributed by atoms with Gasteiger partial charge in [-0.1, -0.05) is 25.5 Å². The van der Waals surface area contributed by atoms with Crippen molar-refractivity contribution in [3.05, 3.63) is 48.3 Å². The Morgan fingerprint density at radius 1 is 1.17 bits per heavy atom. The molecule has 2 aromatic heterocycles. The predicted octanol–water partition coefficient (Wildman–Crippen LogP) is 3.25. The number of hydrogen-bond donors (Lipinski definition) is 1. The zero-order valence-corrected chi connectivity index (χ0v) is 13.9. The molecule has 6 nitrogen and oxygen atoms in total. The highest BCUT2D eigenvalue weighted by Crippen LogP contribution is 2.12. The number of rotatable bonds is 10. The zero-order chi connectivity index (χ0) is 17.2. The molecule has 0 spiro atoms. The van der Waals surface area contributed by atoms with Crippen molar-refractivity contribution in [1.29, 1.82) is 0 Å². The van der Waals surface area contributed by atoms with E-state index in [2.05, 4.69) is 21.8 Å². The minimum Gasteiger partial charge on any atom is -0.478 e. The van der Waals surface area contributed by atoms with Crippen LogP contribution in [0.1, 0.15) is 36.7 Å². The maximum absolute atomic E-state index is 10.9. The molecule has 2 rings (SSSR count). The molecule has 0 saturated carbocycles. The van der Waals surface area contributed by atoms with Gasteiger partial charge < -0.3 is 14.7 Å². The molecule has 0 saturated heterocycles. The standard InChI is InChI=1S/C18H23N3O3/c1-2-3-12-21(16-9-4-5-11-19-16)13-7-14-24-17-10-6-8-15(20-17)18(22)23/h4-6,8-11H,2-3,7,12-14H2,1H3,(H,22,23). The molecule has 0 aliphatic carbocycles. The van der Waals surface area contributed by atoms with Crippen LogP contribution in [0.3, 0.4) is 0 Å². The molecule has 0 radical (unpaired) electrons. The van der Waals surface area contributed by atoms with Gasteiger partial charge in [-0.05, 0) is 31.0 Å². The van der Waals surface area contributed by atoms with Gasteiger partial charge in [-0.2, -0.15) is 0 Å². The SMILES string of the molecule is CCCCN(CCCOc1cccc(C(=O)O)n1)c1ccccn1. The van der Waals surface area contributed by atoms with Gasteiger partial charge in [0.15, 0.2) is 5.69 Å². The highest BCUT2D eigenvalue weighted by molar-refractivity contribution is 5.85. The van der Waals surface area contributed by atoms with Gasteiger partial charge in [0.25, 0.3) is 0 Å². The first kappa shape index (κ1) is 17.7. The minimum absolute atomic E-state index is 0.00874. The van der Waals surface area contributed by atoms with Crippen molar-refractivity contribution in [2.24, 2.45) is 0 Å². The minimum atomic E-state index is -1.05. The van der Waals surface area contributed by atoms with E-state index in [9.17, 15) is 4.79 Å². The molecular weight excluding hydrogens is 306 g/mol. The molecule has 0 aliphatic rings.